The average molecular weight is 271 g/mol. The van der Waals surface area contributed by atoms with Crippen LogP contribution in [0.4, 0.5) is 11.4 Å². The Morgan fingerprint density at radius 3 is 2.56 bits per heavy atom. The lowest BCUT2D eigenvalue weighted by molar-refractivity contribution is -0.119. The van der Waals surface area contributed by atoms with Crippen LogP contribution >= 0.6 is 0 Å². The predicted octanol–water partition coefficient (Wildman–Crippen LogP) is 0.220. The molecule has 1 aromatic carbocycles. The van der Waals surface area contributed by atoms with E-state index < -0.39 is 9.84 Å². The summed E-state index contributed by atoms with van der Waals surface area (Å²) < 4.78 is 22.6. The van der Waals surface area contributed by atoms with E-state index in [9.17, 15) is 13.2 Å². The maximum Gasteiger partial charge on any atom is 0.239 e. The van der Waals surface area contributed by atoms with Crippen LogP contribution in [-0.4, -0.2) is 33.7 Å². The number of rotatable bonds is 5. The number of carbonyl (C=O) groups excluding carboxylic acids is 1. The van der Waals surface area contributed by atoms with Crippen molar-refractivity contribution in [2.45, 2.75) is 11.8 Å². The van der Waals surface area contributed by atoms with Gasteiger partial charge in [-0.1, -0.05) is 0 Å². The molecule has 1 aromatic rings. The third-order valence-corrected chi connectivity index (χ3v) is 3.37. The fourth-order valence-corrected chi connectivity index (χ4v) is 2.02. The van der Waals surface area contributed by atoms with E-state index in [2.05, 4.69) is 10.6 Å². The number of nitrogens with two attached hydrogens (primary N) is 1. The maximum atomic E-state index is 11.3. The molecule has 1 amide bonds. The standard InChI is InChI=1S/C11H17N3O3S/c1-3-13-11(15)7-14-10-5-4-8(6-9(10)12)18(2,16)17/h4-6,14H,3,7,12H2,1-2H3,(H,13,15). The van der Waals surface area contributed by atoms with Gasteiger partial charge in [0.2, 0.25) is 5.91 Å². The van der Waals surface area contributed by atoms with Crippen LogP contribution in [0.5, 0.6) is 0 Å². The van der Waals surface area contributed by atoms with E-state index in [1.54, 1.807) is 6.07 Å². The van der Waals surface area contributed by atoms with Crippen LogP contribution in [-0.2, 0) is 14.6 Å². The van der Waals surface area contributed by atoms with E-state index in [1.807, 2.05) is 6.92 Å². The second-order valence-corrected chi connectivity index (χ2v) is 5.84. The van der Waals surface area contributed by atoms with Gasteiger partial charge in [-0.2, -0.15) is 0 Å². The first-order valence-electron chi connectivity index (χ1n) is 5.44. The molecule has 0 aliphatic rings. The minimum atomic E-state index is -3.27. The molecule has 1 rings (SSSR count). The molecule has 0 radical (unpaired) electrons. The number of likely N-dealkylation sites (N-methyl/N-ethyl adjacent to an activating group) is 1. The SMILES string of the molecule is CCNC(=O)CNc1ccc(S(C)(=O)=O)cc1N. The van der Waals surface area contributed by atoms with Gasteiger partial charge in [0.1, 0.15) is 0 Å². The van der Waals surface area contributed by atoms with Gasteiger partial charge in [-0.25, -0.2) is 8.42 Å². The summed E-state index contributed by atoms with van der Waals surface area (Å²) in [6.45, 7) is 2.48. The fraction of sp³-hybridized carbons (Fsp3) is 0.364. The van der Waals surface area contributed by atoms with Gasteiger partial charge in [-0.15, -0.1) is 0 Å². The highest BCUT2D eigenvalue weighted by Gasteiger charge is 2.09. The fourth-order valence-electron chi connectivity index (χ4n) is 1.37. The number of amides is 1. The molecule has 100 valence electrons. The van der Waals surface area contributed by atoms with Gasteiger partial charge in [-0.3, -0.25) is 4.79 Å². The number of benzene rings is 1. The largest absolute Gasteiger partial charge is 0.397 e. The van der Waals surface area contributed by atoms with Gasteiger partial charge in [-0.05, 0) is 25.1 Å². The first kappa shape index (κ1) is 14.3. The van der Waals surface area contributed by atoms with Crippen LogP contribution in [0.1, 0.15) is 6.92 Å². The zero-order chi connectivity index (χ0) is 13.8. The third-order valence-electron chi connectivity index (χ3n) is 2.26. The highest BCUT2D eigenvalue weighted by atomic mass is 32.2. The summed E-state index contributed by atoms with van der Waals surface area (Å²) in [6.07, 6.45) is 1.11. The van der Waals surface area contributed by atoms with Crippen LogP contribution < -0.4 is 16.4 Å². The second kappa shape index (κ2) is 5.72. The summed E-state index contributed by atoms with van der Waals surface area (Å²) in [5.74, 6) is -0.149. The summed E-state index contributed by atoms with van der Waals surface area (Å²) in [6, 6.07) is 4.37. The maximum absolute atomic E-state index is 11.3. The molecule has 0 saturated heterocycles. The van der Waals surface area contributed by atoms with Crippen molar-refractivity contribution in [3.05, 3.63) is 18.2 Å². The molecule has 0 spiro atoms. The first-order chi connectivity index (χ1) is 8.34. The van der Waals surface area contributed by atoms with Crippen molar-refractivity contribution >= 4 is 27.1 Å². The lowest BCUT2D eigenvalue weighted by Gasteiger charge is -2.10. The second-order valence-electron chi connectivity index (χ2n) is 3.83. The molecule has 0 saturated carbocycles. The quantitative estimate of drug-likeness (QED) is 0.665. The highest BCUT2D eigenvalue weighted by molar-refractivity contribution is 7.90. The van der Waals surface area contributed by atoms with E-state index in [0.29, 0.717) is 17.9 Å². The summed E-state index contributed by atoms with van der Waals surface area (Å²) in [5.41, 5.74) is 6.55. The summed E-state index contributed by atoms with van der Waals surface area (Å²) >= 11 is 0. The van der Waals surface area contributed by atoms with Crippen molar-refractivity contribution in [1.82, 2.24) is 5.32 Å². The van der Waals surface area contributed by atoms with E-state index in [-0.39, 0.29) is 17.3 Å². The summed E-state index contributed by atoms with van der Waals surface area (Å²) in [7, 11) is -3.27. The smallest absolute Gasteiger partial charge is 0.239 e. The molecule has 0 heterocycles. The van der Waals surface area contributed by atoms with Gasteiger partial charge in [0, 0.05) is 12.8 Å². The van der Waals surface area contributed by atoms with Crippen molar-refractivity contribution in [2.24, 2.45) is 0 Å². The van der Waals surface area contributed by atoms with E-state index >= 15 is 0 Å². The molecule has 0 fully saturated rings. The lowest BCUT2D eigenvalue weighted by Crippen LogP contribution is -2.29. The minimum absolute atomic E-state index is 0.0935. The topological polar surface area (TPSA) is 101 Å². The number of anilines is 2. The molecule has 0 bridgehead atoms. The van der Waals surface area contributed by atoms with E-state index in [4.69, 9.17) is 5.73 Å². The van der Waals surface area contributed by atoms with Gasteiger partial charge < -0.3 is 16.4 Å². The number of sulfone groups is 1. The van der Waals surface area contributed by atoms with E-state index in [1.165, 1.54) is 12.1 Å². The summed E-state index contributed by atoms with van der Waals surface area (Å²) in [5, 5.41) is 5.48. The van der Waals surface area contributed by atoms with Gasteiger partial charge >= 0.3 is 0 Å². The molecular formula is C11H17N3O3S. The van der Waals surface area contributed by atoms with Crippen molar-refractivity contribution < 1.29 is 13.2 Å². The van der Waals surface area contributed by atoms with Crippen LogP contribution in [0.25, 0.3) is 0 Å². The predicted molar refractivity (Wildman–Crippen MR) is 71.1 cm³/mol. The Balaban J connectivity index is 2.78. The Bertz CT molecular complexity index is 540. The molecule has 0 aliphatic carbocycles. The van der Waals surface area contributed by atoms with E-state index in [0.717, 1.165) is 6.26 Å². The van der Waals surface area contributed by atoms with Crippen molar-refractivity contribution in [3.63, 3.8) is 0 Å². The molecular weight excluding hydrogens is 254 g/mol. The molecule has 0 unspecified atom stereocenters. The normalized spacial score (nSPS) is 11.0. The van der Waals surface area contributed by atoms with Crippen LogP contribution in [0, 0.1) is 0 Å². The molecule has 7 heteroatoms. The molecule has 0 aliphatic heterocycles. The number of carbonyl (C=O) groups is 1. The Labute approximate surface area is 106 Å². The monoisotopic (exact) mass is 271 g/mol. The van der Waals surface area contributed by atoms with Crippen molar-refractivity contribution in [2.75, 3.05) is 30.4 Å². The highest BCUT2D eigenvalue weighted by Crippen LogP contribution is 2.22. The van der Waals surface area contributed by atoms with Gasteiger partial charge in [0.15, 0.2) is 9.84 Å². The van der Waals surface area contributed by atoms with Crippen molar-refractivity contribution in [1.29, 1.82) is 0 Å². The minimum Gasteiger partial charge on any atom is -0.397 e. The zero-order valence-corrected chi connectivity index (χ0v) is 11.2. The van der Waals surface area contributed by atoms with Gasteiger partial charge in [0.25, 0.3) is 0 Å². The Morgan fingerprint density at radius 1 is 1.39 bits per heavy atom. The number of nitrogens with one attached hydrogen (secondary N) is 2. The third kappa shape index (κ3) is 3.92. The van der Waals surface area contributed by atoms with Gasteiger partial charge in [0.05, 0.1) is 22.8 Å². The average Bonchev–Trinajstić information content (AvgIpc) is 2.26. The number of nitrogen functional groups attached to an aromatic ring is 1. The summed E-state index contributed by atoms with van der Waals surface area (Å²) in [4.78, 5) is 11.4. The molecule has 4 N–H and O–H groups in total. The van der Waals surface area contributed by atoms with Crippen LogP contribution in [0.2, 0.25) is 0 Å². The Morgan fingerprint density at radius 2 is 2.06 bits per heavy atom. The number of hydrogen-bond donors (Lipinski definition) is 3. The Hall–Kier alpha value is -1.76. The van der Waals surface area contributed by atoms with Crippen molar-refractivity contribution in [3.8, 4) is 0 Å². The Kier molecular flexibility index (Phi) is 4.55. The molecule has 18 heavy (non-hydrogen) atoms. The lowest BCUT2D eigenvalue weighted by atomic mass is 10.2. The number of hydrogen-bond acceptors (Lipinski definition) is 5. The molecule has 0 aromatic heterocycles. The van der Waals surface area contributed by atoms with Crippen LogP contribution in [0.3, 0.4) is 0 Å². The first-order valence-corrected chi connectivity index (χ1v) is 7.34. The zero-order valence-electron chi connectivity index (χ0n) is 10.4. The molecule has 0 atom stereocenters. The molecule has 6 nitrogen and oxygen atoms in total. The van der Waals surface area contributed by atoms with Crippen LogP contribution in [0.15, 0.2) is 23.1 Å².